The highest BCUT2D eigenvalue weighted by Crippen LogP contribution is 2.19. The molecule has 0 aliphatic carbocycles. The predicted octanol–water partition coefficient (Wildman–Crippen LogP) is 2.74. The van der Waals surface area contributed by atoms with Crippen LogP contribution in [0.15, 0.2) is 18.2 Å². The summed E-state index contributed by atoms with van der Waals surface area (Å²) in [4.78, 5) is 12.8. The molecular weight excluding hydrogens is 272 g/mol. The van der Waals surface area contributed by atoms with E-state index >= 15 is 0 Å². The maximum absolute atomic E-state index is 6.01. The molecule has 2 aromatic rings. The highest BCUT2D eigenvalue weighted by atomic mass is 35.5. The molecule has 2 heterocycles. The van der Waals surface area contributed by atoms with Crippen LogP contribution in [0.1, 0.15) is 18.7 Å². The summed E-state index contributed by atoms with van der Waals surface area (Å²) in [6.45, 7) is 3.23. The zero-order valence-electron chi connectivity index (χ0n) is 12.1. The first-order chi connectivity index (χ1) is 9.61. The van der Waals surface area contributed by atoms with Crippen LogP contribution in [0, 0.1) is 0 Å². The van der Waals surface area contributed by atoms with Crippen molar-refractivity contribution in [1.82, 2.24) is 19.8 Å². The molecule has 4 nitrogen and oxygen atoms in total. The van der Waals surface area contributed by atoms with Crippen molar-refractivity contribution in [3.63, 3.8) is 0 Å². The van der Waals surface area contributed by atoms with Gasteiger partial charge in [-0.15, -0.1) is 0 Å². The van der Waals surface area contributed by atoms with Gasteiger partial charge in [0.05, 0.1) is 17.6 Å². The lowest BCUT2D eigenvalue weighted by Crippen LogP contribution is -2.41. The third-order valence-corrected chi connectivity index (χ3v) is 4.44. The zero-order chi connectivity index (χ0) is 14.1. The number of imidazole rings is 1. The van der Waals surface area contributed by atoms with E-state index in [0.717, 1.165) is 28.4 Å². The molecular formula is C15H21ClN4. The Hall–Kier alpha value is -1.10. The van der Waals surface area contributed by atoms with Crippen LogP contribution in [-0.2, 0) is 6.54 Å². The quantitative estimate of drug-likeness (QED) is 0.945. The van der Waals surface area contributed by atoms with Gasteiger partial charge in [-0.1, -0.05) is 11.6 Å². The summed E-state index contributed by atoms with van der Waals surface area (Å²) in [5.74, 6) is 1.02. The smallest absolute Gasteiger partial charge is 0.121 e. The minimum Gasteiger partial charge on any atom is -0.341 e. The van der Waals surface area contributed by atoms with Crippen molar-refractivity contribution < 1.29 is 0 Å². The lowest BCUT2D eigenvalue weighted by Gasteiger charge is -2.34. The van der Waals surface area contributed by atoms with Gasteiger partial charge in [0, 0.05) is 11.1 Å². The van der Waals surface area contributed by atoms with E-state index in [0.29, 0.717) is 6.04 Å². The van der Waals surface area contributed by atoms with Crippen molar-refractivity contribution in [2.75, 3.05) is 27.2 Å². The van der Waals surface area contributed by atoms with Crippen molar-refractivity contribution in [2.24, 2.45) is 0 Å². The predicted molar refractivity (Wildman–Crippen MR) is 83.1 cm³/mol. The number of aromatic nitrogens is 2. The van der Waals surface area contributed by atoms with Crippen LogP contribution in [0.3, 0.4) is 0 Å². The second kappa shape index (κ2) is 5.72. The number of likely N-dealkylation sites (tertiary alicyclic amines) is 1. The van der Waals surface area contributed by atoms with E-state index in [1.807, 2.05) is 18.2 Å². The number of hydrogen-bond acceptors (Lipinski definition) is 3. The standard InChI is InChI=1S/C15H21ClN4/c1-19-7-5-12(6-8-19)20(2)10-15-17-13-4-3-11(16)9-14(13)18-15/h3-4,9,12H,5-8,10H2,1-2H3,(H,17,18). The average molecular weight is 293 g/mol. The summed E-state index contributed by atoms with van der Waals surface area (Å²) in [5, 5.41) is 0.747. The van der Waals surface area contributed by atoms with E-state index in [1.54, 1.807) is 0 Å². The first kappa shape index (κ1) is 13.9. The Bertz CT molecular complexity index is 587. The fourth-order valence-electron chi connectivity index (χ4n) is 2.91. The minimum atomic E-state index is 0.656. The van der Waals surface area contributed by atoms with Gasteiger partial charge in [-0.25, -0.2) is 4.98 Å². The molecule has 20 heavy (non-hydrogen) atoms. The Morgan fingerprint density at radius 1 is 1.40 bits per heavy atom. The van der Waals surface area contributed by atoms with Gasteiger partial charge < -0.3 is 9.88 Å². The average Bonchev–Trinajstić information content (AvgIpc) is 2.80. The Kier molecular flexibility index (Phi) is 3.96. The molecule has 5 heteroatoms. The third kappa shape index (κ3) is 2.97. The summed E-state index contributed by atoms with van der Waals surface area (Å²) in [6.07, 6.45) is 2.47. The lowest BCUT2D eigenvalue weighted by atomic mass is 10.0. The van der Waals surface area contributed by atoms with Gasteiger partial charge in [0.15, 0.2) is 0 Å². The fraction of sp³-hybridized carbons (Fsp3) is 0.533. The summed E-state index contributed by atoms with van der Waals surface area (Å²) in [6, 6.07) is 6.44. The van der Waals surface area contributed by atoms with Gasteiger partial charge in [-0.05, 0) is 58.2 Å². The highest BCUT2D eigenvalue weighted by molar-refractivity contribution is 6.31. The molecule has 0 unspecified atom stereocenters. The number of aromatic amines is 1. The summed E-state index contributed by atoms with van der Waals surface area (Å²) < 4.78 is 0. The molecule has 108 valence electrons. The van der Waals surface area contributed by atoms with Crippen molar-refractivity contribution in [1.29, 1.82) is 0 Å². The molecule has 1 aliphatic rings. The number of hydrogen-bond donors (Lipinski definition) is 1. The van der Waals surface area contributed by atoms with Crippen LogP contribution < -0.4 is 0 Å². The number of nitrogens with one attached hydrogen (secondary N) is 1. The number of benzene rings is 1. The number of piperidine rings is 1. The SMILES string of the molecule is CN1CCC(N(C)Cc2nc3ccc(Cl)cc3[nH]2)CC1. The molecule has 0 bridgehead atoms. The molecule has 1 aromatic carbocycles. The van der Waals surface area contributed by atoms with Gasteiger partial charge in [0.25, 0.3) is 0 Å². The third-order valence-electron chi connectivity index (χ3n) is 4.20. The second-order valence-corrected chi connectivity index (χ2v) is 6.23. The van der Waals surface area contributed by atoms with Crippen LogP contribution >= 0.6 is 11.6 Å². The van der Waals surface area contributed by atoms with Crippen molar-refractivity contribution in [3.8, 4) is 0 Å². The van der Waals surface area contributed by atoms with E-state index in [2.05, 4.69) is 33.9 Å². The van der Waals surface area contributed by atoms with Gasteiger partial charge in [0.2, 0.25) is 0 Å². The topological polar surface area (TPSA) is 35.2 Å². The molecule has 0 saturated carbocycles. The van der Waals surface area contributed by atoms with Gasteiger partial charge >= 0.3 is 0 Å². The van der Waals surface area contributed by atoms with Gasteiger partial charge in [0.1, 0.15) is 5.82 Å². The Morgan fingerprint density at radius 2 is 2.15 bits per heavy atom. The van der Waals surface area contributed by atoms with Crippen LogP contribution in [0.5, 0.6) is 0 Å². The van der Waals surface area contributed by atoms with Crippen LogP contribution in [-0.4, -0.2) is 53.0 Å². The first-order valence-corrected chi connectivity index (χ1v) is 7.52. The highest BCUT2D eigenvalue weighted by Gasteiger charge is 2.21. The van der Waals surface area contributed by atoms with E-state index in [-0.39, 0.29) is 0 Å². The molecule has 1 aliphatic heterocycles. The number of halogens is 1. The molecule has 0 atom stereocenters. The number of fused-ring (bicyclic) bond motifs is 1. The molecule has 0 amide bonds. The van der Waals surface area contributed by atoms with Crippen LogP contribution in [0.25, 0.3) is 11.0 Å². The largest absolute Gasteiger partial charge is 0.341 e. The second-order valence-electron chi connectivity index (χ2n) is 5.79. The lowest BCUT2D eigenvalue weighted by molar-refractivity contribution is 0.137. The van der Waals surface area contributed by atoms with E-state index in [9.17, 15) is 0 Å². The van der Waals surface area contributed by atoms with Gasteiger partial charge in [-0.2, -0.15) is 0 Å². The van der Waals surface area contributed by atoms with Crippen molar-refractivity contribution >= 4 is 22.6 Å². The van der Waals surface area contributed by atoms with Crippen molar-refractivity contribution in [2.45, 2.75) is 25.4 Å². The summed E-state index contributed by atoms with van der Waals surface area (Å²) in [7, 11) is 4.38. The first-order valence-electron chi connectivity index (χ1n) is 7.15. The van der Waals surface area contributed by atoms with Crippen LogP contribution in [0.4, 0.5) is 0 Å². The fourth-order valence-corrected chi connectivity index (χ4v) is 3.08. The number of nitrogens with zero attached hydrogens (tertiary/aromatic N) is 3. The monoisotopic (exact) mass is 292 g/mol. The van der Waals surface area contributed by atoms with Crippen LogP contribution in [0.2, 0.25) is 5.02 Å². The van der Waals surface area contributed by atoms with Gasteiger partial charge in [-0.3, -0.25) is 4.90 Å². The normalized spacial score (nSPS) is 18.2. The molecule has 1 saturated heterocycles. The van der Waals surface area contributed by atoms with E-state index in [4.69, 9.17) is 11.6 Å². The van der Waals surface area contributed by atoms with E-state index < -0.39 is 0 Å². The summed E-state index contributed by atoms with van der Waals surface area (Å²) in [5.41, 5.74) is 2.01. The summed E-state index contributed by atoms with van der Waals surface area (Å²) >= 11 is 6.01. The maximum atomic E-state index is 6.01. The minimum absolute atomic E-state index is 0.656. The Labute approximate surface area is 124 Å². The molecule has 1 N–H and O–H groups in total. The maximum Gasteiger partial charge on any atom is 0.121 e. The Balaban J connectivity index is 1.69. The van der Waals surface area contributed by atoms with Crippen molar-refractivity contribution in [3.05, 3.63) is 29.0 Å². The van der Waals surface area contributed by atoms with E-state index in [1.165, 1.54) is 25.9 Å². The molecule has 1 aromatic heterocycles. The number of H-pyrrole nitrogens is 1. The Morgan fingerprint density at radius 3 is 2.90 bits per heavy atom. The molecule has 3 rings (SSSR count). The zero-order valence-corrected chi connectivity index (χ0v) is 12.8. The number of rotatable bonds is 3. The molecule has 0 radical (unpaired) electrons. The molecule has 0 spiro atoms. The molecule has 1 fully saturated rings.